The Morgan fingerprint density at radius 1 is 1.04 bits per heavy atom. The minimum absolute atomic E-state index is 0.0582. The highest BCUT2D eigenvalue weighted by Gasteiger charge is 2.44. The number of nitrogens with one attached hydrogen (secondary N) is 2. The number of likely N-dealkylation sites (tertiary alicyclic amines) is 1. The summed E-state index contributed by atoms with van der Waals surface area (Å²) in [5, 5.41) is 14.5. The van der Waals surface area contributed by atoms with Gasteiger partial charge in [-0.2, -0.15) is 0 Å². The monoisotopic (exact) mass is 754 g/mol. The van der Waals surface area contributed by atoms with Crippen LogP contribution >= 0.6 is 7.60 Å². The van der Waals surface area contributed by atoms with E-state index in [1.54, 1.807) is 32.7 Å². The van der Waals surface area contributed by atoms with Gasteiger partial charge in [0.15, 0.2) is 0 Å². The van der Waals surface area contributed by atoms with Crippen LogP contribution in [-0.2, 0) is 39.4 Å². The molecule has 1 heterocycles. The Labute approximate surface area is 309 Å². The third-order valence-corrected chi connectivity index (χ3v) is 11.9. The van der Waals surface area contributed by atoms with Gasteiger partial charge in [0.25, 0.3) is 0 Å². The lowest BCUT2D eigenvalue weighted by atomic mass is 9.89. The molecule has 1 aromatic rings. The maximum absolute atomic E-state index is 14.1. The van der Waals surface area contributed by atoms with Crippen molar-refractivity contribution in [2.24, 2.45) is 17.8 Å². The van der Waals surface area contributed by atoms with E-state index in [1.165, 1.54) is 19.1 Å². The quantitative estimate of drug-likeness (QED) is 0.0940. The zero-order valence-corrected chi connectivity index (χ0v) is 33.3. The molecule has 0 spiro atoms. The average Bonchev–Trinajstić information content (AvgIpc) is 3.59. The number of carbonyl (C=O) groups is 4. The first-order valence-electron chi connectivity index (χ1n) is 18.5. The SMILES string of the molecule is CCCCOP(=O)(O)[C@H](Cc1ccccc1)NC(=O)[C@H](C)[C@@H](OC)[C@@H]1CCCN1C(=O)C[C@H](OC)[C@H]([C@@H](C)CC)N(C)C(=O)[C@@H](NC(=O)O)C(C)C. The number of benzene rings is 1. The summed E-state index contributed by atoms with van der Waals surface area (Å²) >= 11 is 0. The van der Waals surface area contributed by atoms with Crippen LogP contribution in [0.5, 0.6) is 0 Å². The number of likely N-dealkylation sites (N-methyl/N-ethyl adjacent to an activating group) is 1. The summed E-state index contributed by atoms with van der Waals surface area (Å²) in [4.78, 5) is 67.2. The van der Waals surface area contributed by atoms with Crippen molar-refractivity contribution in [2.45, 2.75) is 123 Å². The number of nitrogens with zero attached hydrogens (tertiary/aromatic N) is 2. The molecule has 0 aromatic heterocycles. The maximum Gasteiger partial charge on any atom is 0.405 e. The second-order valence-corrected chi connectivity index (χ2v) is 16.2. The van der Waals surface area contributed by atoms with Crippen LogP contribution in [0.15, 0.2) is 30.3 Å². The number of rotatable bonds is 22. The smallest absolute Gasteiger partial charge is 0.405 e. The molecule has 296 valence electrons. The fourth-order valence-corrected chi connectivity index (χ4v) is 8.29. The number of hydrogen-bond donors (Lipinski definition) is 4. The van der Waals surface area contributed by atoms with Crippen LogP contribution in [0.4, 0.5) is 4.79 Å². The van der Waals surface area contributed by atoms with Gasteiger partial charge in [-0.1, -0.05) is 84.7 Å². The first-order valence-corrected chi connectivity index (χ1v) is 20.1. The van der Waals surface area contributed by atoms with E-state index in [4.69, 9.17) is 14.0 Å². The number of carbonyl (C=O) groups excluding carboxylic acids is 3. The zero-order chi connectivity index (χ0) is 39.2. The van der Waals surface area contributed by atoms with E-state index in [2.05, 4.69) is 10.6 Å². The third kappa shape index (κ3) is 12.5. The van der Waals surface area contributed by atoms with E-state index in [0.717, 1.165) is 12.0 Å². The van der Waals surface area contributed by atoms with Crippen LogP contribution in [0, 0.1) is 17.8 Å². The van der Waals surface area contributed by atoms with Crippen molar-refractivity contribution < 1.29 is 47.7 Å². The Hall–Kier alpha value is -3.03. The molecule has 0 saturated carbocycles. The Bertz CT molecular complexity index is 1330. The van der Waals surface area contributed by atoms with E-state index in [0.29, 0.717) is 32.2 Å². The molecule has 9 atom stereocenters. The topological polar surface area (TPSA) is 184 Å². The Kier molecular flexibility index (Phi) is 18.8. The van der Waals surface area contributed by atoms with Gasteiger partial charge in [-0.3, -0.25) is 18.9 Å². The largest absolute Gasteiger partial charge is 0.465 e. The summed E-state index contributed by atoms with van der Waals surface area (Å²) in [6, 6.07) is 7.13. The lowest BCUT2D eigenvalue weighted by Crippen LogP contribution is -2.57. The van der Waals surface area contributed by atoms with E-state index in [1.807, 2.05) is 51.1 Å². The fraction of sp³-hybridized carbons (Fsp3) is 0.730. The van der Waals surface area contributed by atoms with Crippen LogP contribution in [0.2, 0.25) is 0 Å². The molecule has 14 nitrogen and oxygen atoms in total. The van der Waals surface area contributed by atoms with Crippen molar-refractivity contribution in [3.05, 3.63) is 35.9 Å². The number of methoxy groups -OCH3 is 2. The lowest BCUT2D eigenvalue weighted by molar-refractivity contribution is -0.147. The van der Waals surface area contributed by atoms with Gasteiger partial charge >= 0.3 is 13.7 Å². The standard InChI is InChI=1S/C37H63N4O10P/c1-10-12-21-51-52(47,48)30(22-27-17-14-13-15-18-27)38-35(43)26(6)34(50-9)28-19-16-20-41(28)31(42)23-29(49-8)33(25(5)11-2)40(7)36(44)32(24(3)4)39-37(45)46/h13-15,17-18,24-26,28-30,32-34,39H,10-12,16,19-23H2,1-9H3,(H,38,43)(H,45,46)(H,47,48)/t25-,26+,28-,29-,30+,32-,33-,34+/m0/s1. The van der Waals surface area contributed by atoms with Gasteiger partial charge in [0.1, 0.15) is 11.8 Å². The summed E-state index contributed by atoms with van der Waals surface area (Å²) in [6.07, 6.45) is 0.602. The molecule has 52 heavy (non-hydrogen) atoms. The molecule has 4 N–H and O–H groups in total. The molecule has 4 amide bonds. The van der Waals surface area contributed by atoms with E-state index in [9.17, 15) is 33.7 Å². The van der Waals surface area contributed by atoms with Crippen LogP contribution in [-0.4, -0.2) is 114 Å². The Morgan fingerprint density at radius 3 is 2.23 bits per heavy atom. The van der Waals surface area contributed by atoms with Gasteiger partial charge in [-0.25, -0.2) is 4.79 Å². The molecular weight excluding hydrogens is 691 g/mol. The molecule has 1 aromatic carbocycles. The van der Waals surface area contributed by atoms with Gasteiger partial charge in [0.2, 0.25) is 17.7 Å². The summed E-state index contributed by atoms with van der Waals surface area (Å²) in [7, 11) is 0.313. The van der Waals surface area contributed by atoms with Gasteiger partial charge in [0.05, 0.1) is 43.2 Å². The second-order valence-electron chi connectivity index (χ2n) is 14.2. The lowest BCUT2D eigenvalue weighted by Gasteiger charge is -2.40. The molecular formula is C37H63N4O10P. The highest BCUT2D eigenvalue weighted by Crippen LogP contribution is 2.48. The summed E-state index contributed by atoms with van der Waals surface area (Å²) in [6.45, 7) is 11.6. The highest BCUT2D eigenvalue weighted by molar-refractivity contribution is 7.53. The first kappa shape index (κ1) is 45.1. The van der Waals surface area contributed by atoms with Crippen LogP contribution in [0.1, 0.15) is 85.6 Å². The van der Waals surface area contributed by atoms with E-state index < -0.39 is 67.5 Å². The number of ether oxygens (including phenoxy) is 2. The van der Waals surface area contributed by atoms with Crippen molar-refractivity contribution >= 4 is 31.4 Å². The molecule has 1 aliphatic heterocycles. The van der Waals surface area contributed by atoms with Crippen molar-refractivity contribution in [2.75, 3.05) is 34.4 Å². The molecule has 0 aliphatic carbocycles. The van der Waals surface area contributed by atoms with Crippen LogP contribution in [0.25, 0.3) is 0 Å². The van der Waals surface area contributed by atoms with Gasteiger partial charge in [0, 0.05) is 34.2 Å². The molecule has 0 bridgehead atoms. The molecule has 1 fully saturated rings. The number of hydrogen-bond acceptors (Lipinski definition) is 8. The van der Waals surface area contributed by atoms with E-state index >= 15 is 0 Å². The minimum atomic E-state index is -4.27. The van der Waals surface area contributed by atoms with Gasteiger partial charge in [-0.15, -0.1) is 0 Å². The number of amides is 4. The number of carboxylic acid groups (broad SMARTS) is 1. The Morgan fingerprint density at radius 2 is 1.69 bits per heavy atom. The fourth-order valence-electron chi connectivity index (χ4n) is 6.98. The summed E-state index contributed by atoms with van der Waals surface area (Å²) in [5.74, 6) is -3.54. The molecule has 15 heteroatoms. The maximum atomic E-state index is 14.1. The first-order chi connectivity index (χ1) is 24.5. The highest BCUT2D eigenvalue weighted by atomic mass is 31.2. The molecule has 1 unspecified atom stereocenters. The third-order valence-electron chi connectivity index (χ3n) is 10.2. The zero-order valence-electron chi connectivity index (χ0n) is 32.4. The average molecular weight is 755 g/mol. The number of unbranched alkanes of at least 4 members (excludes halogenated alkanes) is 1. The molecule has 1 aliphatic rings. The van der Waals surface area contributed by atoms with Gasteiger partial charge in [-0.05, 0) is 36.7 Å². The van der Waals surface area contributed by atoms with Crippen LogP contribution in [0.3, 0.4) is 0 Å². The van der Waals surface area contributed by atoms with Crippen molar-refractivity contribution in [3.8, 4) is 0 Å². The molecule has 0 radical (unpaired) electrons. The predicted octanol–water partition coefficient (Wildman–Crippen LogP) is 4.89. The summed E-state index contributed by atoms with van der Waals surface area (Å²) < 4.78 is 30.6. The second kappa shape index (κ2) is 21.6. The van der Waals surface area contributed by atoms with E-state index in [-0.39, 0.29) is 37.2 Å². The van der Waals surface area contributed by atoms with Crippen molar-refractivity contribution in [1.29, 1.82) is 0 Å². The van der Waals surface area contributed by atoms with Crippen LogP contribution < -0.4 is 10.6 Å². The van der Waals surface area contributed by atoms with Gasteiger partial charge < -0.3 is 44.4 Å². The van der Waals surface area contributed by atoms with Crippen molar-refractivity contribution in [1.82, 2.24) is 20.4 Å². The predicted molar refractivity (Wildman–Crippen MR) is 199 cm³/mol. The molecule has 2 rings (SSSR count). The summed E-state index contributed by atoms with van der Waals surface area (Å²) in [5.41, 5.74) is 0.762. The minimum Gasteiger partial charge on any atom is -0.465 e. The normalized spacial score (nSPS) is 19.8. The van der Waals surface area contributed by atoms with Crippen molar-refractivity contribution in [3.63, 3.8) is 0 Å². The Balaban J connectivity index is 2.29. The molecule has 1 saturated heterocycles.